The Morgan fingerprint density at radius 2 is 1.97 bits per heavy atom. The zero-order valence-electron chi connectivity index (χ0n) is 18.5. The van der Waals surface area contributed by atoms with Gasteiger partial charge in [0.15, 0.2) is 0 Å². The number of amides is 2. The second kappa shape index (κ2) is 12.0. The third kappa shape index (κ3) is 6.39. The molecule has 3 unspecified atom stereocenters. The zero-order chi connectivity index (χ0) is 21.3. The van der Waals surface area contributed by atoms with Crippen molar-refractivity contribution in [3.05, 3.63) is 0 Å². The predicted molar refractivity (Wildman–Crippen MR) is 115 cm³/mol. The highest BCUT2D eigenvalue weighted by molar-refractivity contribution is 5.88. The normalized spacial score (nSPS) is 27.7. The molecule has 3 atom stereocenters. The first kappa shape index (κ1) is 23.4. The van der Waals surface area contributed by atoms with Crippen molar-refractivity contribution in [1.29, 1.82) is 0 Å². The Morgan fingerprint density at radius 3 is 2.63 bits per heavy atom. The zero-order valence-corrected chi connectivity index (χ0v) is 18.5. The van der Waals surface area contributed by atoms with Gasteiger partial charge in [-0.2, -0.15) is 0 Å². The van der Waals surface area contributed by atoms with Gasteiger partial charge in [-0.15, -0.1) is 0 Å². The van der Waals surface area contributed by atoms with Crippen LogP contribution in [0.15, 0.2) is 0 Å². The molecule has 3 fully saturated rings. The summed E-state index contributed by atoms with van der Waals surface area (Å²) in [6, 6.07) is -0.284. The summed E-state index contributed by atoms with van der Waals surface area (Å²) in [6.07, 6.45) is 9.66. The third-order valence-electron chi connectivity index (χ3n) is 6.81. The molecule has 2 saturated heterocycles. The molecule has 3 N–H and O–H groups in total. The Bertz CT molecular complexity index is 549. The fourth-order valence-electron chi connectivity index (χ4n) is 5.25. The number of hydrogen-bond acceptors (Lipinski definition) is 6. The van der Waals surface area contributed by atoms with E-state index in [0.717, 1.165) is 32.5 Å². The van der Waals surface area contributed by atoms with Gasteiger partial charge in [-0.25, -0.2) is 0 Å². The fraction of sp³-hybridized carbons (Fsp3) is 0.909. The quantitative estimate of drug-likeness (QED) is 0.537. The monoisotopic (exact) mass is 424 g/mol. The van der Waals surface area contributed by atoms with Crippen LogP contribution in [0, 0.1) is 5.92 Å². The molecule has 8 nitrogen and oxygen atoms in total. The molecule has 30 heavy (non-hydrogen) atoms. The summed E-state index contributed by atoms with van der Waals surface area (Å²) in [5.41, 5.74) is 5.55. The van der Waals surface area contributed by atoms with E-state index < -0.39 is 6.04 Å². The number of hydrogen-bond donors (Lipinski definition) is 2. The van der Waals surface area contributed by atoms with Crippen LogP contribution < -0.4 is 11.1 Å². The van der Waals surface area contributed by atoms with E-state index >= 15 is 0 Å². The summed E-state index contributed by atoms with van der Waals surface area (Å²) in [7, 11) is 1.52. The van der Waals surface area contributed by atoms with Gasteiger partial charge in [0.25, 0.3) is 0 Å². The van der Waals surface area contributed by atoms with Crippen molar-refractivity contribution >= 4 is 11.8 Å². The van der Waals surface area contributed by atoms with E-state index in [1.54, 1.807) is 4.90 Å². The molecule has 0 spiro atoms. The minimum absolute atomic E-state index is 0.00174. The van der Waals surface area contributed by atoms with Gasteiger partial charge in [0.1, 0.15) is 12.6 Å². The van der Waals surface area contributed by atoms with Crippen molar-refractivity contribution in [2.24, 2.45) is 11.7 Å². The highest BCUT2D eigenvalue weighted by Crippen LogP contribution is 2.29. The molecule has 2 aliphatic heterocycles. The van der Waals surface area contributed by atoms with Crippen molar-refractivity contribution in [1.82, 2.24) is 15.1 Å². The van der Waals surface area contributed by atoms with Gasteiger partial charge in [0.05, 0.1) is 6.10 Å². The predicted octanol–water partition coefficient (Wildman–Crippen LogP) is 0.739. The van der Waals surface area contributed by atoms with Crippen LogP contribution in [-0.2, 0) is 19.1 Å². The van der Waals surface area contributed by atoms with Gasteiger partial charge in [0.2, 0.25) is 11.8 Å². The van der Waals surface area contributed by atoms with Crippen LogP contribution in [0.3, 0.4) is 0 Å². The van der Waals surface area contributed by atoms with Gasteiger partial charge >= 0.3 is 0 Å². The van der Waals surface area contributed by atoms with Crippen LogP contribution >= 0.6 is 0 Å². The average molecular weight is 425 g/mol. The summed E-state index contributed by atoms with van der Waals surface area (Å²) in [5, 5.41) is 2.87. The Hall–Kier alpha value is -1.22. The van der Waals surface area contributed by atoms with Gasteiger partial charge < -0.3 is 25.4 Å². The molecule has 0 aromatic carbocycles. The lowest BCUT2D eigenvalue weighted by molar-refractivity contribution is -0.141. The largest absolute Gasteiger partial charge is 0.377 e. The smallest absolute Gasteiger partial charge is 0.249 e. The number of rotatable bonds is 10. The molecule has 0 aromatic heterocycles. The first-order valence-electron chi connectivity index (χ1n) is 11.7. The molecule has 0 bridgehead atoms. The molecule has 2 amide bonds. The molecule has 0 aromatic rings. The first-order chi connectivity index (χ1) is 14.6. The van der Waals surface area contributed by atoms with Crippen molar-refractivity contribution in [2.75, 3.05) is 53.0 Å². The first-order valence-corrected chi connectivity index (χ1v) is 11.7. The maximum atomic E-state index is 12.8. The van der Waals surface area contributed by atoms with Crippen LogP contribution in [0.2, 0.25) is 0 Å². The lowest BCUT2D eigenvalue weighted by Crippen LogP contribution is -2.48. The molecule has 8 heteroatoms. The molecular weight excluding hydrogens is 384 g/mol. The van der Waals surface area contributed by atoms with E-state index in [1.807, 2.05) is 0 Å². The maximum Gasteiger partial charge on any atom is 0.249 e. The molecule has 172 valence electrons. The Kier molecular flexibility index (Phi) is 9.36. The molecule has 1 saturated carbocycles. The molecule has 3 aliphatic rings. The van der Waals surface area contributed by atoms with E-state index in [9.17, 15) is 9.59 Å². The SMILES string of the molecule is COCC(=O)N1CC(N(CC2CCCCC2)CC2CCCO2)CC1C(=O)NCCN. The lowest BCUT2D eigenvalue weighted by atomic mass is 9.88. The maximum absolute atomic E-state index is 12.8. The van der Waals surface area contributed by atoms with Gasteiger partial charge in [-0.05, 0) is 38.0 Å². The van der Waals surface area contributed by atoms with Crippen LogP contribution in [0.25, 0.3) is 0 Å². The number of likely N-dealkylation sites (tertiary alicyclic amines) is 1. The third-order valence-corrected chi connectivity index (χ3v) is 6.81. The second-order valence-electron chi connectivity index (χ2n) is 9.06. The molecule has 1 aliphatic carbocycles. The topological polar surface area (TPSA) is 97.1 Å². The van der Waals surface area contributed by atoms with E-state index in [0.29, 0.717) is 32.0 Å². The van der Waals surface area contributed by atoms with Gasteiger partial charge in [-0.1, -0.05) is 19.3 Å². The summed E-state index contributed by atoms with van der Waals surface area (Å²) >= 11 is 0. The number of ether oxygens (including phenoxy) is 2. The summed E-state index contributed by atoms with van der Waals surface area (Å²) in [5.74, 6) is 0.471. The second-order valence-corrected chi connectivity index (χ2v) is 9.06. The minimum Gasteiger partial charge on any atom is -0.377 e. The standard InChI is InChI=1S/C22H40N4O4/c1-29-16-21(27)26-14-18(12-20(26)22(28)24-10-9-23)25(15-19-8-5-11-30-19)13-17-6-3-2-4-7-17/h17-20H,2-16,23H2,1H3,(H,24,28). The van der Waals surface area contributed by atoms with Crippen LogP contribution in [-0.4, -0.2) is 92.8 Å². The van der Waals surface area contributed by atoms with E-state index in [-0.39, 0.29) is 30.6 Å². The van der Waals surface area contributed by atoms with Crippen molar-refractivity contribution < 1.29 is 19.1 Å². The highest BCUT2D eigenvalue weighted by atomic mass is 16.5. The number of methoxy groups -OCH3 is 1. The summed E-state index contributed by atoms with van der Waals surface area (Å²) < 4.78 is 11.0. The Morgan fingerprint density at radius 1 is 1.17 bits per heavy atom. The van der Waals surface area contributed by atoms with Crippen molar-refractivity contribution in [3.63, 3.8) is 0 Å². The van der Waals surface area contributed by atoms with E-state index in [1.165, 1.54) is 39.2 Å². The Labute approximate surface area is 180 Å². The number of carbonyl (C=O) groups excluding carboxylic acids is 2. The number of nitrogens with one attached hydrogen (secondary N) is 1. The van der Waals surface area contributed by atoms with Crippen molar-refractivity contribution in [2.45, 2.75) is 69.6 Å². The van der Waals surface area contributed by atoms with Crippen LogP contribution in [0.5, 0.6) is 0 Å². The molecule has 2 heterocycles. The van der Waals surface area contributed by atoms with Gasteiger partial charge in [-0.3, -0.25) is 14.5 Å². The van der Waals surface area contributed by atoms with Crippen LogP contribution in [0.4, 0.5) is 0 Å². The average Bonchev–Trinajstić information content (AvgIpc) is 3.42. The number of carbonyl (C=O) groups is 2. The van der Waals surface area contributed by atoms with Gasteiger partial charge in [0, 0.05) is 52.5 Å². The number of nitrogens with zero attached hydrogens (tertiary/aromatic N) is 2. The van der Waals surface area contributed by atoms with E-state index in [4.69, 9.17) is 15.2 Å². The minimum atomic E-state index is -0.456. The molecule has 0 radical (unpaired) electrons. The van der Waals surface area contributed by atoms with Crippen molar-refractivity contribution in [3.8, 4) is 0 Å². The Balaban J connectivity index is 1.71. The number of nitrogens with two attached hydrogens (primary N) is 1. The van der Waals surface area contributed by atoms with E-state index in [2.05, 4.69) is 10.2 Å². The molecule has 3 rings (SSSR count). The summed E-state index contributed by atoms with van der Waals surface area (Å²) in [6.45, 7) is 4.16. The fourth-order valence-corrected chi connectivity index (χ4v) is 5.25. The summed E-state index contributed by atoms with van der Waals surface area (Å²) in [4.78, 5) is 29.7. The lowest BCUT2D eigenvalue weighted by Gasteiger charge is -2.35. The molecular formula is C22H40N4O4. The van der Waals surface area contributed by atoms with Crippen LogP contribution in [0.1, 0.15) is 51.4 Å². The highest BCUT2D eigenvalue weighted by Gasteiger charge is 2.42.